The fourth-order valence-electron chi connectivity index (χ4n) is 1.72. The van der Waals surface area contributed by atoms with Crippen LogP contribution in [0.25, 0.3) is 0 Å². The predicted molar refractivity (Wildman–Crippen MR) is 87.0 cm³/mol. The fourth-order valence-corrected chi connectivity index (χ4v) is 2.24. The van der Waals surface area contributed by atoms with Gasteiger partial charge in [0.1, 0.15) is 0 Å². The van der Waals surface area contributed by atoms with Crippen molar-refractivity contribution in [3.05, 3.63) is 57.7 Å². The number of carbonyl (C=O) groups is 1. The Bertz CT molecular complexity index is 567. The van der Waals surface area contributed by atoms with E-state index >= 15 is 0 Å². The lowest BCUT2D eigenvalue weighted by Gasteiger charge is -2.07. The second kappa shape index (κ2) is 6.56. The Hall–Kier alpha value is -1.56. The molecule has 0 spiro atoms. The number of para-hydroxylation sites is 1. The van der Waals surface area contributed by atoms with Crippen LogP contribution < -0.4 is 11.1 Å². The molecule has 0 saturated carbocycles. The van der Waals surface area contributed by atoms with Crippen molar-refractivity contribution in [2.75, 3.05) is 11.1 Å². The summed E-state index contributed by atoms with van der Waals surface area (Å²) in [5.74, 6) is 0.0286. The standard InChI is InChI=1S/C15H15IN2O/c16-13-3-1-2-4-14(13)18-15(19)10-7-11-5-8-12(17)9-6-11/h1-6,8-9H,7,10,17H2,(H,18,19). The first kappa shape index (κ1) is 13.9. The van der Waals surface area contributed by atoms with E-state index < -0.39 is 0 Å². The topological polar surface area (TPSA) is 55.1 Å². The molecule has 2 aromatic rings. The average Bonchev–Trinajstić information content (AvgIpc) is 2.41. The molecule has 2 rings (SSSR count). The summed E-state index contributed by atoms with van der Waals surface area (Å²) >= 11 is 2.21. The smallest absolute Gasteiger partial charge is 0.224 e. The quantitative estimate of drug-likeness (QED) is 0.643. The summed E-state index contributed by atoms with van der Waals surface area (Å²) in [6.07, 6.45) is 1.18. The van der Waals surface area contributed by atoms with E-state index in [4.69, 9.17) is 5.73 Å². The maximum atomic E-state index is 11.9. The van der Waals surface area contributed by atoms with Gasteiger partial charge in [-0.2, -0.15) is 0 Å². The molecular formula is C15H15IN2O. The third-order valence-corrected chi connectivity index (χ3v) is 3.71. The van der Waals surface area contributed by atoms with Gasteiger partial charge in [-0.1, -0.05) is 24.3 Å². The third-order valence-electron chi connectivity index (χ3n) is 2.77. The fraction of sp³-hybridized carbons (Fsp3) is 0.133. The van der Waals surface area contributed by atoms with E-state index in [0.29, 0.717) is 6.42 Å². The predicted octanol–water partition coefficient (Wildman–Crippen LogP) is 3.44. The van der Waals surface area contributed by atoms with Crippen LogP contribution in [-0.2, 0) is 11.2 Å². The third kappa shape index (κ3) is 4.24. The van der Waals surface area contributed by atoms with E-state index in [-0.39, 0.29) is 5.91 Å². The van der Waals surface area contributed by atoms with Crippen molar-refractivity contribution in [3.8, 4) is 0 Å². The largest absolute Gasteiger partial charge is 0.399 e. The van der Waals surface area contributed by atoms with Crippen molar-refractivity contribution in [2.45, 2.75) is 12.8 Å². The van der Waals surface area contributed by atoms with Crippen LogP contribution in [0.3, 0.4) is 0 Å². The number of benzene rings is 2. The number of nitrogens with one attached hydrogen (secondary N) is 1. The molecule has 0 saturated heterocycles. The maximum Gasteiger partial charge on any atom is 0.224 e. The number of halogens is 1. The Balaban J connectivity index is 1.88. The van der Waals surface area contributed by atoms with E-state index in [1.807, 2.05) is 48.5 Å². The molecule has 0 fully saturated rings. The molecule has 0 atom stereocenters. The Kier molecular flexibility index (Phi) is 4.79. The monoisotopic (exact) mass is 366 g/mol. The highest BCUT2D eigenvalue weighted by Gasteiger charge is 2.05. The van der Waals surface area contributed by atoms with E-state index in [1.54, 1.807) is 0 Å². The molecule has 0 aromatic heterocycles. The van der Waals surface area contributed by atoms with Gasteiger partial charge in [0.05, 0.1) is 5.69 Å². The van der Waals surface area contributed by atoms with Crippen LogP contribution in [0.5, 0.6) is 0 Å². The second-order valence-corrected chi connectivity index (χ2v) is 5.43. The highest BCUT2D eigenvalue weighted by Crippen LogP contribution is 2.17. The average molecular weight is 366 g/mol. The van der Waals surface area contributed by atoms with Crippen molar-refractivity contribution < 1.29 is 4.79 Å². The van der Waals surface area contributed by atoms with Crippen molar-refractivity contribution >= 4 is 39.9 Å². The lowest BCUT2D eigenvalue weighted by Crippen LogP contribution is -2.13. The van der Waals surface area contributed by atoms with Crippen molar-refractivity contribution in [2.24, 2.45) is 0 Å². The molecule has 0 bridgehead atoms. The molecular weight excluding hydrogens is 351 g/mol. The number of rotatable bonds is 4. The van der Waals surface area contributed by atoms with Crippen LogP contribution in [0.1, 0.15) is 12.0 Å². The molecule has 2 aromatic carbocycles. The maximum absolute atomic E-state index is 11.9. The number of hydrogen-bond donors (Lipinski definition) is 2. The lowest BCUT2D eigenvalue weighted by molar-refractivity contribution is -0.116. The summed E-state index contributed by atoms with van der Waals surface area (Å²) in [4.78, 5) is 11.9. The first-order valence-corrected chi connectivity index (χ1v) is 7.12. The number of carbonyl (C=O) groups excluding carboxylic acids is 1. The number of aryl methyl sites for hydroxylation is 1. The van der Waals surface area contributed by atoms with Crippen LogP contribution in [0.15, 0.2) is 48.5 Å². The molecule has 0 aliphatic rings. The number of anilines is 2. The molecule has 19 heavy (non-hydrogen) atoms. The second-order valence-electron chi connectivity index (χ2n) is 4.27. The van der Waals surface area contributed by atoms with E-state index in [2.05, 4.69) is 27.9 Å². The van der Waals surface area contributed by atoms with Gasteiger partial charge in [0.15, 0.2) is 0 Å². The summed E-state index contributed by atoms with van der Waals surface area (Å²) in [6, 6.07) is 15.4. The minimum absolute atomic E-state index is 0.0286. The summed E-state index contributed by atoms with van der Waals surface area (Å²) < 4.78 is 1.04. The highest BCUT2D eigenvalue weighted by atomic mass is 127. The van der Waals surface area contributed by atoms with Gasteiger partial charge in [-0.25, -0.2) is 0 Å². The molecule has 0 aliphatic heterocycles. The van der Waals surface area contributed by atoms with Gasteiger partial charge in [-0.05, 0) is 58.8 Å². The molecule has 98 valence electrons. The molecule has 0 heterocycles. The number of hydrogen-bond acceptors (Lipinski definition) is 2. The van der Waals surface area contributed by atoms with Gasteiger partial charge in [0, 0.05) is 15.7 Å². The Labute approximate surface area is 126 Å². The van der Waals surface area contributed by atoms with E-state index in [1.165, 1.54) is 0 Å². The van der Waals surface area contributed by atoms with Gasteiger partial charge in [-0.15, -0.1) is 0 Å². The van der Waals surface area contributed by atoms with Crippen LogP contribution in [0.2, 0.25) is 0 Å². The van der Waals surface area contributed by atoms with Gasteiger partial charge in [0.25, 0.3) is 0 Å². The number of amides is 1. The zero-order valence-corrected chi connectivity index (χ0v) is 12.6. The zero-order chi connectivity index (χ0) is 13.7. The van der Waals surface area contributed by atoms with Gasteiger partial charge >= 0.3 is 0 Å². The van der Waals surface area contributed by atoms with Crippen molar-refractivity contribution in [3.63, 3.8) is 0 Å². The summed E-state index contributed by atoms with van der Waals surface area (Å²) in [5.41, 5.74) is 8.35. The summed E-state index contributed by atoms with van der Waals surface area (Å²) in [6.45, 7) is 0. The Morgan fingerprint density at radius 3 is 2.47 bits per heavy atom. The lowest BCUT2D eigenvalue weighted by atomic mass is 10.1. The number of nitrogen functional groups attached to an aromatic ring is 1. The van der Waals surface area contributed by atoms with E-state index in [9.17, 15) is 4.79 Å². The van der Waals surface area contributed by atoms with Gasteiger partial charge < -0.3 is 11.1 Å². The normalized spacial score (nSPS) is 10.2. The molecule has 0 aliphatic carbocycles. The van der Waals surface area contributed by atoms with Crippen LogP contribution in [0, 0.1) is 3.57 Å². The van der Waals surface area contributed by atoms with Crippen LogP contribution >= 0.6 is 22.6 Å². The van der Waals surface area contributed by atoms with Crippen molar-refractivity contribution in [1.29, 1.82) is 0 Å². The van der Waals surface area contributed by atoms with Gasteiger partial charge in [-0.3, -0.25) is 4.79 Å². The van der Waals surface area contributed by atoms with E-state index in [0.717, 1.165) is 26.9 Å². The SMILES string of the molecule is Nc1ccc(CCC(=O)Nc2ccccc2I)cc1. The van der Waals surface area contributed by atoms with Crippen molar-refractivity contribution in [1.82, 2.24) is 0 Å². The molecule has 3 nitrogen and oxygen atoms in total. The molecule has 4 heteroatoms. The number of nitrogens with two attached hydrogens (primary N) is 1. The molecule has 0 unspecified atom stereocenters. The highest BCUT2D eigenvalue weighted by molar-refractivity contribution is 14.1. The molecule has 0 radical (unpaired) electrons. The first-order chi connectivity index (χ1) is 9.15. The van der Waals surface area contributed by atoms with Crippen LogP contribution in [0.4, 0.5) is 11.4 Å². The minimum atomic E-state index is 0.0286. The molecule has 3 N–H and O–H groups in total. The van der Waals surface area contributed by atoms with Crippen LogP contribution in [-0.4, -0.2) is 5.91 Å². The molecule has 1 amide bonds. The Morgan fingerprint density at radius 2 is 1.79 bits per heavy atom. The minimum Gasteiger partial charge on any atom is -0.399 e. The summed E-state index contributed by atoms with van der Waals surface area (Å²) in [7, 11) is 0. The first-order valence-electron chi connectivity index (χ1n) is 6.04. The zero-order valence-electron chi connectivity index (χ0n) is 10.4. The summed E-state index contributed by atoms with van der Waals surface area (Å²) in [5, 5.41) is 2.92. The Morgan fingerprint density at radius 1 is 1.11 bits per heavy atom. The van der Waals surface area contributed by atoms with Gasteiger partial charge in [0.2, 0.25) is 5.91 Å².